The number of hydrogen-bond donors (Lipinski definition) is 1. The summed E-state index contributed by atoms with van der Waals surface area (Å²) in [7, 11) is 1.68. The Morgan fingerprint density at radius 2 is 2.00 bits per heavy atom. The molecule has 4 heteroatoms. The average Bonchev–Trinajstić information content (AvgIpc) is 2.89. The molecule has 0 saturated heterocycles. The number of rotatable bonds is 5. The van der Waals surface area contributed by atoms with E-state index in [0.717, 1.165) is 17.8 Å². The lowest BCUT2D eigenvalue weighted by Crippen LogP contribution is -2.24. The first-order valence-electron chi connectivity index (χ1n) is 6.13. The lowest BCUT2D eigenvalue weighted by molar-refractivity contribution is 0.0775. The molecule has 1 aromatic heterocycles. The zero-order chi connectivity index (χ0) is 13.0. The van der Waals surface area contributed by atoms with E-state index in [0.29, 0.717) is 0 Å². The smallest absolute Gasteiger partial charge is 0.103 e. The molecule has 2 rings (SSSR count). The molecule has 2 aromatic rings. The first kappa shape index (κ1) is 12.8. The molecule has 0 radical (unpaired) electrons. The molecule has 4 nitrogen and oxygen atoms in total. The van der Waals surface area contributed by atoms with E-state index >= 15 is 0 Å². The number of aryl methyl sites for hydroxylation is 1. The van der Waals surface area contributed by atoms with Gasteiger partial charge in [0.25, 0.3) is 0 Å². The van der Waals surface area contributed by atoms with Crippen molar-refractivity contribution in [2.45, 2.75) is 25.6 Å². The molecule has 18 heavy (non-hydrogen) atoms. The predicted octanol–water partition coefficient (Wildman–Crippen LogP) is 2.29. The van der Waals surface area contributed by atoms with Crippen LogP contribution in [-0.2, 0) is 11.3 Å². The number of methoxy groups -OCH3 is 1. The summed E-state index contributed by atoms with van der Waals surface area (Å²) in [4.78, 5) is 0. The van der Waals surface area contributed by atoms with Gasteiger partial charge >= 0.3 is 0 Å². The maximum atomic E-state index is 6.32. The zero-order valence-corrected chi connectivity index (χ0v) is 10.8. The van der Waals surface area contributed by atoms with Gasteiger partial charge in [0.1, 0.15) is 6.10 Å². The largest absolute Gasteiger partial charge is 0.375 e. The summed E-state index contributed by atoms with van der Waals surface area (Å²) in [5.74, 6) is 0. The van der Waals surface area contributed by atoms with Crippen molar-refractivity contribution in [2.75, 3.05) is 7.11 Å². The van der Waals surface area contributed by atoms with Crippen molar-refractivity contribution in [3.05, 3.63) is 53.9 Å². The molecular formula is C14H19N3O. The fraction of sp³-hybridized carbons (Fsp3) is 0.357. The number of aromatic nitrogens is 2. The van der Waals surface area contributed by atoms with Crippen molar-refractivity contribution < 1.29 is 4.74 Å². The van der Waals surface area contributed by atoms with Crippen LogP contribution in [0.2, 0.25) is 0 Å². The van der Waals surface area contributed by atoms with Gasteiger partial charge in [0.2, 0.25) is 0 Å². The van der Waals surface area contributed by atoms with Gasteiger partial charge < -0.3 is 10.5 Å². The van der Waals surface area contributed by atoms with Gasteiger partial charge in [0.15, 0.2) is 0 Å². The van der Waals surface area contributed by atoms with Crippen LogP contribution in [0, 0.1) is 0 Å². The van der Waals surface area contributed by atoms with Crippen LogP contribution in [0.1, 0.15) is 30.3 Å². The van der Waals surface area contributed by atoms with Crippen LogP contribution in [0.3, 0.4) is 0 Å². The van der Waals surface area contributed by atoms with Crippen molar-refractivity contribution in [3.8, 4) is 0 Å². The van der Waals surface area contributed by atoms with Crippen LogP contribution in [0.5, 0.6) is 0 Å². The Kier molecular flexibility index (Phi) is 4.12. The number of ether oxygens (including phenoxy) is 1. The lowest BCUT2D eigenvalue weighted by Gasteiger charge is -2.23. The summed E-state index contributed by atoms with van der Waals surface area (Å²) >= 11 is 0. The van der Waals surface area contributed by atoms with Crippen LogP contribution < -0.4 is 5.73 Å². The molecule has 1 aromatic carbocycles. The van der Waals surface area contributed by atoms with Gasteiger partial charge in [-0.1, -0.05) is 30.3 Å². The first-order valence-corrected chi connectivity index (χ1v) is 6.13. The van der Waals surface area contributed by atoms with E-state index in [2.05, 4.69) is 5.10 Å². The van der Waals surface area contributed by atoms with Gasteiger partial charge in [-0.05, 0) is 18.6 Å². The third kappa shape index (κ3) is 2.44. The minimum absolute atomic E-state index is 0.159. The minimum atomic E-state index is -0.222. The van der Waals surface area contributed by atoms with E-state index in [-0.39, 0.29) is 12.1 Å². The Hall–Kier alpha value is -1.65. The summed E-state index contributed by atoms with van der Waals surface area (Å²) in [5, 5.41) is 4.25. The van der Waals surface area contributed by atoms with Gasteiger partial charge in [-0.25, -0.2) is 0 Å². The monoisotopic (exact) mass is 245 g/mol. The average molecular weight is 245 g/mol. The summed E-state index contributed by atoms with van der Waals surface area (Å²) in [6, 6.07) is 11.7. The Morgan fingerprint density at radius 3 is 2.61 bits per heavy atom. The number of benzene rings is 1. The molecule has 2 N–H and O–H groups in total. The summed E-state index contributed by atoms with van der Waals surface area (Å²) in [5.41, 5.74) is 8.39. The summed E-state index contributed by atoms with van der Waals surface area (Å²) in [6.45, 7) is 2.86. The Balaban J connectivity index is 2.28. The minimum Gasteiger partial charge on any atom is -0.375 e. The quantitative estimate of drug-likeness (QED) is 0.879. The van der Waals surface area contributed by atoms with Crippen LogP contribution in [0.25, 0.3) is 0 Å². The predicted molar refractivity (Wildman–Crippen MR) is 71.0 cm³/mol. The second-order valence-electron chi connectivity index (χ2n) is 4.16. The van der Waals surface area contributed by atoms with E-state index in [1.54, 1.807) is 13.3 Å². The second-order valence-corrected chi connectivity index (χ2v) is 4.16. The second kappa shape index (κ2) is 5.80. The number of nitrogens with two attached hydrogens (primary N) is 1. The van der Waals surface area contributed by atoms with Gasteiger partial charge in [-0.15, -0.1) is 0 Å². The van der Waals surface area contributed by atoms with Crippen molar-refractivity contribution in [1.29, 1.82) is 0 Å². The number of nitrogens with zero attached hydrogens (tertiary/aromatic N) is 2. The zero-order valence-electron chi connectivity index (χ0n) is 10.8. The van der Waals surface area contributed by atoms with Crippen molar-refractivity contribution in [1.82, 2.24) is 9.78 Å². The van der Waals surface area contributed by atoms with Gasteiger partial charge in [-0.2, -0.15) is 5.10 Å². The topological polar surface area (TPSA) is 53.1 Å². The molecule has 0 aliphatic rings. The third-order valence-corrected chi connectivity index (χ3v) is 3.10. The fourth-order valence-electron chi connectivity index (χ4n) is 2.18. The lowest BCUT2D eigenvalue weighted by atomic mass is 10.0. The summed E-state index contributed by atoms with van der Waals surface area (Å²) in [6.07, 6.45) is 1.62. The molecule has 96 valence electrons. The van der Waals surface area contributed by atoms with E-state index in [4.69, 9.17) is 10.5 Å². The Bertz CT molecular complexity index is 481. The SMILES string of the molecule is CCn1nccc1C(N)C(OC)c1ccccc1. The van der Waals surface area contributed by atoms with Crippen LogP contribution >= 0.6 is 0 Å². The molecule has 1 heterocycles. The molecule has 0 fully saturated rings. The first-order chi connectivity index (χ1) is 8.77. The van der Waals surface area contributed by atoms with Gasteiger partial charge in [0, 0.05) is 19.9 Å². The van der Waals surface area contributed by atoms with Gasteiger partial charge in [0.05, 0.1) is 11.7 Å². The van der Waals surface area contributed by atoms with Crippen molar-refractivity contribution >= 4 is 0 Å². The normalized spacial score (nSPS) is 14.4. The molecule has 2 unspecified atom stereocenters. The van der Waals surface area contributed by atoms with E-state index in [1.807, 2.05) is 48.0 Å². The molecule has 0 bridgehead atoms. The maximum absolute atomic E-state index is 6.32. The van der Waals surface area contributed by atoms with E-state index in [9.17, 15) is 0 Å². The molecule has 2 atom stereocenters. The standard InChI is InChI=1S/C14H19N3O/c1-3-17-12(9-10-16-17)13(15)14(18-2)11-7-5-4-6-8-11/h4-10,13-14H,3,15H2,1-2H3. The van der Waals surface area contributed by atoms with Crippen LogP contribution in [-0.4, -0.2) is 16.9 Å². The highest BCUT2D eigenvalue weighted by Gasteiger charge is 2.23. The Labute approximate surface area is 107 Å². The molecule has 0 spiro atoms. The molecule has 0 aliphatic carbocycles. The molecule has 0 aliphatic heterocycles. The fourth-order valence-corrected chi connectivity index (χ4v) is 2.18. The highest BCUT2D eigenvalue weighted by Crippen LogP contribution is 2.29. The van der Waals surface area contributed by atoms with Crippen LogP contribution in [0.15, 0.2) is 42.6 Å². The molecular weight excluding hydrogens is 226 g/mol. The van der Waals surface area contributed by atoms with Gasteiger partial charge in [-0.3, -0.25) is 4.68 Å². The highest BCUT2D eigenvalue weighted by atomic mass is 16.5. The van der Waals surface area contributed by atoms with Crippen LogP contribution in [0.4, 0.5) is 0 Å². The Morgan fingerprint density at radius 1 is 1.28 bits per heavy atom. The third-order valence-electron chi connectivity index (χ3n) is 3.10. The van der Waals surface area contributed by atoms with E-state index < -0.39 is 0 Å². The van der Waals surface area contributed by atoms with Crippen molar-refractivity contribution in [2.24, 2.45) is 5.73 Å². The van der Waals surface area contributed by atoms with Crippen molar-refractivity contribution in [3.63, 3.8) is 0 Å². The molecule has 0 saturated carbocycles. The molecule has 0 amide bonds. The summed E-state index contributed by atoms with van der Waals surface area (Å²) < 4.78 is 7.46. The van der Waals surface area contributed by atoms with E-state index in [1.165, 1.54) is 0 Å². The number of hydrogen-bond acceptors (Lipinski definition) is 3. The maximum Gasteiger partial charge on any atom is 0.103 e. The highest BCUT2D eigenvalue weighted by molar-refractivity contribution is 5.22.